The molecule has 25 heavy (non-hydrogen) atoms. The Morgan fingerprint density at radius 1 is 1.24 bits per heavy atom. The van der Waals surface area contributed by atoms with Crippen LogP contribution in [0.2, 0.25) is 5.02 Å². The van der Waals surface area contributed by atoms with Gasteiger partial charge in [0, 0.05) is 10.6 Å². The fourth-order valence-electron chi connectivity index (χ4n) is 2.39. The predicted octanol–water partition coefficient (Wildman–Crippen LogP) is 5.53. The van der Waals surface area contributed by atoms with E-state index in [1.54, 1.807) is 18.2 Å². The Labute approximate surface area is 161 Å². The number of thiocarbonyl (C=S) groups is 1. The maximum atomic E-state index is 12.8. The molecule has 2 aromatic carbocycles. The Hall–Kier alpha value is -1.82. The van der Waals surface area contributed by atoms with Crippen LogP contribution in [0, 0.1) is 0 Å². The maximum absolute atomic E-state index is 12.8. The minimum absolute atomic E-state index is 0.150. The number of hydrogen-bond acceptors (Lipinski definition) is 4. The molecule has 1 fully saturated rings. The molecule has 0 bridgehead atoms. The second-order valence-electron chi connectivity index (χ2n) is 5.38. The number of rotatable bonds is 5. The smallest absolute Gasteiger partial charge is 0.270 e. The van der Waals surface area contributed by atoms with E-state index in [0.29, 0.717) is 26.5 Å². The van der Waals surface area contributed by atoms with Crippen LogP contribution >= 0.6 is 35.6 Å². The zero-order chi connectivity index (χ0) is 17.8. The van der Waals surface area contributed by atoms with Crippen LogP contribution in [-0.4, -0.2) is 16.8 Å². The topological polar surface area (TPSA) is 29.5 Å². The Morgan fingerprint density at radius 3 is 2.80 bits per heavy atom. The van der Waals surface area contributed by atoms with E-state index in [2.05, 4.69) is 6.92 Å². The van der Waals surface area contributed by atoms with Gasteiger partial charge in [0.15, 0.2) is 4.32 Å². The van der Waals surface area contributed by atoms with Gasteiger partial charge in [-0.3, -0.25) is 9.69 Å². The van der Waals surface area contributed by atoms with Crippen LogP contribution < -0.4 is 9.64 Å². The highest BCUT2D eigenvalue weighted by atomic mass is 35.5. The van der Waals surface area contributed by atoms with Crippen molar-refractivity contribution >= 4 is 57.6 Å². The average Bonchev–Trinajstić information content (AvgIpc) is 2.88. The zero-order valence-corrected chi connectivity index (χ0v) is 16.0. The molecule has 0 saturated carbocycles. The van der Waals surface area contributed by atoms with Crippen molar-refractivity contribution in [3.63, 3.8) is 0 Å². The molecule has 0 atom stereocenters. The fourth-order valence-corrected chi connectivity index (χ4v) is 3.86. The second kappa shape index (κ2) is 8.04. The van der Waals surface area contributed by atoms with Gasteiger partial charge in [-0.25, -0.2) is 0 Å². The van der Waals surface area contributed by atoms with Gasteiger partial charge in [-0.15, -0.1) is 0 Å². The van der Waals surface area contributed by atoms with Crippen molar-refractivity contribution in [2.24, 2.45) is 0 Å². The lowest BCUT2D eigenvalue weighted by molar-refractivity contribution is -0.113. The number of carbonyl (C=O) groups excluding carboxylic acids is 1. The highest BCUT2D eigenvalue weighted by Gasteiger charge is 2.33. The van der Waals surface area contributed by atoms with E-state index in [1.165, 1.54) is 16.7 Å². The Balaban J connectivity index is 1.91. The molecule has 1 aliphatic rings. The highest BCUT2D eigenvalue weighted by Crippen LogP contribution is 2.37. The van der Waals surface area contributed by atoms with Gasteiger partial charge in [0.2, 0.25) is 0 Å². The molecule has 1 amide bonds. The summed E-state index contributed by atoms with van der Waals surface area (Å²) in [5, 5.41) is 0.564. The second-order valence-corrected chi connectivity index (χ2v) is 7.50. The number of amides is 1. The van der Waals surface area contributed by atoms with Crippen LogP contribution in [0.15, 0.2) is 53.4 Å². The lowest BCUT2D eigenvalue weighted by Gasteiger charge is -2.14. The van der Waals surface area contributed by atoms with Crippen LogP contribution in [0.3, 0.4) is 0 Å². The standard InChI is InChI=1S/C19H16ClNO2S2/c1-2-10-23-16-9-4-3-6-13(16)11-17-18(22)21(19(24)25-17)15-8-5-7-14(20)12-15/h3-9,11-12H,2,10H2,1H3/b17-11-. The molecule has 1 heterocycles. The van der Waals surface area contributed by atoms with Gasteiger partial charge in [0.1, 0.15) is 5.75 Å². The molecule has 1 aliphatic heterocycles. The Bertz CT molecular complexity index is 851. The Kier molecular flexibility index (Phi) is 5.78. The normalized spacial score (nSPS) is 15.9. The third-order valence-corrected chi connectivity index (χ3v) is 5.06. The average molecular weight is 390 g/mol. The summed E-state index contributed by atoms with van der Waals surface area (Å²) in [5.74, 6) is 0.611. The lowest BCUT2D eigenvalue weighted by atomic mass is 10.2. The molecule has 0 aromatic heterocycles. The van der Waals surface area contributed by atoms with Gasteiger partial charge in [0.05, 0.1) is 17.2 Å². The van der Waals surface area contributed by atoms with Gasteiger partial charge in [0.25, 0.3) is 5.91 Å². The van der Waals surface area contributed by atoms with Crippen molar-refractivity contribution in [2.45, 2.75) is 13.3 Å². The number of thioether (sulfide) groups is 1. The van der Waals surface area contributed by atoms with Crippen LogP contribution in [0.1, 0.15) is 18.9 Å². The Morgan fingerprint density at radius 2 is 2.04 bits per heavy atom. The molecule has 128 valence electrons. The van der Waals surface area contributed by atoms with Crippen LogP contribution in [-0.2, 0) is 4.79 Å². The zero-order valence-electron chi connectivity index (χ0n) is 13.6. The number of hydrogen-bond donors (Lipinski definition) is 0. The minimum Gasteiger partial charge on any atom is -0.493 e. The largest absolute Gasteiger partial charge is 0.493 e. The number of para-hydroxylation sites is 1. The van der Waals surface area contributed by atoms with E-state index in [1.807, 2.05) is 36.4 Å². The molecule has 0 radical (unpaired) electrons. The van der Waals surface area contributed by atoms with Gasteiger partial charge in [-0.1, -0.05) is 66.8 Å². The number of carbonyl (C=O) groups is 1. The molecule has 0 spiro atoms. The maximum Gasteiger partial charge on any atom is 0.270 e. The number of nitrogens with zero attached hydrogens (tertiary/aromatic N) is 1. The third kappa shape index (κ3) is 4.06. The summed E-state index contributed by atoms with van der Waals surface area (Å²) in [7, 11) is 0. The molecule has 0 unspecified atom stereocenters. The van der Waals surface area contributed by atoms with Crippen molar-refractivity contribution in [1.82, 2.24) is 0 Å². The molecule has 3 nitrogen and oxygen atoms in total. The molecule has 1 saturated heterocycles. The van der Waals surface area contributed by atoms with E-state index < -0.39 is 0 Å². The number of halogens is 1. The van der Waals surface area contributed by atoms with Gasteiger partial charge in [-0.2, -0.15) is 0 Å². The summed E-state index contributed by atoms with van der Waals surface area (Å²) >= 11 is 12.7. The molecule has 0 N–H and O–H groups in total. The first-order valence-electron chi connectivity index (χ1n) is 7.85. The molecular weight excluding hydrogens is 374 g/mol. The predicted molar refractivity (Wildman–Crippen MR) is 109 cm³/mol. The van der Waals surface area contributed by atoms with E-state index in [0.717, 1.165) is 17.7 Å². The molecule has 0 aliphatic carbocycles. The van der Waals surface area contributed by atoms with Crippen molar-refractivity contribution in [3.8, 4) is 5.75 Å². The summed E-state index contributed by atoms with van der Waals surface area (Å²) in [6.45, 7) is 2.69. The van der Waals surface area contributed by atoms with Crippen molar-refractivity contribution in [3.05, 3.63) is 64.0 Å². The van der Waals surface area contributed by atoms with E-state index in [4.69, 9.17) is 28.6 Å². The summed E-state index contributed by atoms with van der Waals surface area (Å²) in [4.78, 5) is 14.9. The summed E-state index contributed by atoms with van der Waals surface area (Å²) in [6.07, 6.45) is 2.75. The summed E-state index contributed by atoms with van der Waals surface area (Å²) in [5.41, 5.74) is 1.54. The number of anilines is 1. The van der Waals surface area contributed by atoms with E-state index in [-0.39, 0.29) is 5.91 Å². The molecule has 3 rings (SSSR count). The third-order valence-electron chi connectivity index (χ3n) is 3.53. The van der Waals surface area contributed by atoms with Crippen LogP contribution in [0.25, 0.3) is 6.08 Å². The van der Waals surface area contributed by atoms with Crippen LogP contribution in [0.4, 0.5) is 5.69 Å². The van der Waals surface area contributed by atoms with Crippen molar-refractivity contribution in [2.75, 3.05) is 11.5 Å². The summed E-state index contributed by atoms with van der Waals surface area (Å²) < 4.78 is 6.25. The van der Waals surface area contributed by atoms with Crippen LogP contribution in [0.5, 0.6) is 5.75 Å². The first-order valence-corrected chi connectivity index (χ1v) is 9.45. The molecular formula is C19H16ClNO2S2. The SMILES string of the molecule is CCCOc1ccccc1/C=C1\SC(=S)N(c2cccc(Cl)c2)C1=O. The highest BCUT2D eigenvalue weighted by molar-refractivity contribution is 8.27. The van der Waals surface area contributed by atoms with Gasteiger partial charge >= 0.3 is 0 Å². The fraction of sp³-hybridized carbons (Fsp3) is 0.158. The monoisotopic (exact) mass is 389 g/mol. The van der Waals surface area contributed by atoms with Crippen molar-refractivity contribution < 1.29 is 9.53 Å². The summed E-state index contributed by atoms with van der Waals surface area (Å²) in [6, 6.07) is 14.8. The number of ether oxygens (including phenoxy) is 1. The van der Waals surface area contributed by atoms with Crippen molar-refractivity contribution in [1.29, 1.82) is 0 Å². The minimum atomic E-state index is -0.150. The quantitative estimate of drug-likeness (QED) is 0.496. The number of benzene rings is 2. The molecule has 2 aromatic rings. The molecule has 6 heteroatoms. The van der Waals surface area contributed by atoms with Gasteiger partial charge < -0.3 is 4.74 Å². The first-order chi connectivity index (χ1) is 12.1. The first kappa shape index (κ1) is 18.0. The van der Waals surface area contributed by atoms with Gasteiger partial charge in [-0.05, 0) is 36.8 Å². The van der Waals surface area contributed by atoms with E-state index >= 15 is 0 Å². The lowest BCUT2D eigenvalue weighted by Crippen LogP contribution is -2.27. The van der Waals surface area contributed by atoms with E-state index in [9.17, 15) is 4.79 Å².